The molecule has 2 aromatic heterocycles. The highest BCUT2D eigenvalue weighted by Gasteiger charge is 2.29. The number of nitrogens with one attached hydrogen (secondary N) is 1. The Labute approximate surface area is 142 Å². The van der Waals surface area contributed by atoms with Crippen LogP contribution in [0.4, 0.5) is 0 Å². The SMILES string of the molecule is CC(C)(C)Cc1noc2nc(C3CC3)cc(C(=O)NCCCN)c12. The fourth-order valence-electron chi connectivity index (χ4n) is 2.82. The zero-order valence-corrected chi connectivity index (χ0v) is 14.7. The van der Waals surface area contributed by atoms with Gasteiger partial charge in [-0.05, 0) is 43.7 Å². The summed E-state index contributed by atoms with van der Waals surface area (Å²) < 4.78 is 5.47. The van der Waals surface area contributed by atoms with Crippen LogP contribution < -0.4 is 11.1 Å². The quantitative estimate of drug-likeness (QED) is 0.794. The molecular weight excluding hydrogens is 304 g/mol. The number of carbonyl (C=O) groups excluding carboxylic acids is 1. The minimum atomic E-state index is -0.101. The van der Waals surface area contributed by atoms with Crippen molar-refractivity contribution in [2.24, 2.45) is 11.1 Å². The van der Waals surface area contributed by atoms with Crippen molar-refractivity contribution in [1.29, 1.82) is 0 Å². The Morgan fingerprint density at radius 3 is 2.79 bits per heavy atom. The maximum absolute atomic E-state index is 12.7. The van der Waals surface area contributed by atoms with Crippen LogP contribution in [0.5, 0.6) is 0 Å². The van der Waals surface area contributed by atoms with Crippen LogP contribution in [0, 0.1) is 5.41 Å². The zero-order chi connectivity index (χ0) is 17.3. The number of amides is 1. The van der Waals surface area contributed by atoms with Gasteiger partial charge in [-0.3, -0.25) is 4.79 Å². The number of hydrogen-bond donors (Lipinski definition) is 2. The first kappa shape index (κ1) is 16.9. The molecule has 0 aliphatic heterocycles. The highest BCUT2D eigenvalue weighted by atomic mass is 16.5. The molecule has 3 rings (SSSR count). The maximum Gasteiger partial charge on any atom is 0.259 e. The molecule has 0 atom stereocenters. The van der Waals surface area contributed by atoms with Gasteiger partial charge in [-0.2, -0.15) is 0 Å². The molecular formula is C18H26N4O2. The van der Waals surface area contributed by atoms with Crippen LogP contribution in [0.25, 0.3) is 11.1 Å². The van der Waals surface area contributed by atoms with E-state index in [9.17, 15) is 4.79 Å². The van der Waals surface area contributed by atoms with Crippen LogP contribution in [-0.2, 0) is 6.42 Å². The van der Waals surface area contributed by atoms with Gasteiger partial charge in [0.05, 0.1) is 16.6 Å². The van der Waals surface area contributed by atoms with Crippen molar-refractivity contribution in [3.8, 4) is 0 Å². The van der Waals surface area contributed by atoms with E-state index in [1.165, 1.54) is 0 Å². The lowest BCUT2D eigenvalue weighted by Gasteiger charge is -2.16. The van der Waals surface area contributed by atoms with Gasteiger partial charge in [0.25, 0.3) is 11.6 Å². The van der Waals surface area contributed by atoms with Gasteiger partial charge < -0.3 is 15.6 Å². The molecule has 0 saturated heterocycles. The van der Waals surface area contributed by atoms with Crippen LogP contribution in [0.15, 0.2) is 10.6 Å². The first-order valence-corrected chi connectivity index (χ1v) is 8.66. The summed E-state index contributed by atoms with van der Waals surface area (Å²) in [5.74, 6) is 0.345. The molecule has 0 aromatic carbocycles. The molecule has 1 aliphatic rings. The summed E-state index contributed by atoms with van der Waals surface area (Å²) in [6.45, 7) is 7.54. The zero-order valence-electron chi connectivity index (χ0n) is 14.7. The Hall–Kier alpha value is -1.95. The molecule has 2 heterocycles. The van der Waals surface area contributed by atoms with E-state index in [4.69, 9.17) is 10.3 Å². The second-order valence-corrected chi connectivity index (χ2v) is 7.81. The van der Waals surface area contributed by atoms with Crippen LogP contribution in [0.2, 0.25) is 0 Å². The van der Waals surface area contributed by atoms with Crippen molar-refractivity contribution in [3.63, 3.8) is 0 Å². The van der Waals surface area contributed by atoms with Gasteiger partial charge in [0.15, 0.2) is 0 Å². The average Bonchev–Trinajstić information content (AvgIpc) is 3.29. The lowest BCUT2D eigenvalue weighted by Crippen LogP contribution is -2.26. The number of hydrogen-bond acceptors (Lipinski definition) is 5. The summed E-state index contributed by atoms with van der Waals surface area (Å²) in [4.78, 5) is 17.3. The molecule has 1 amide bonds. The second-order valence-electron chi connectivity index (χ2n) is 7.81. The summed E-state index contributed by atoms with van der Waals surface area (Å²) in [6, 6.07) is 1.92. The molecule has 0 radical (unpaired) electrons. The number of carbonyl (C=O) groups is 1. The van der Waals surface area contributed by atoms with Crippen molar-refractivity contribution in [2.45, 2.75) is 52.4 Å². The van der Waals surface area contributed by atoms with Crippen LogP contribution in [-0.4, -0.2) is 29.1 Å². The minimum Gasteiger partial charge on any atom is -0.352 e. The molecule has 2 aromatic rings. The summed E-state index contributed by atoms with van der Waals surface area (Å²) >= 11 is 0. The lowest BCUT2D eigenvalue weighted by molar-refractivity contribution is 0.0955. The van der Waals surface area contributed by atoms with Gasteiger partial charge in [0.1, 0.15) is 0 Å². The Balaban J connectivity index is 2.01. The van der Waals surface area contributed by atoms with Gasteiger partial charge in [0, 0.05) is 18.2 Å². The van der Waals surface area contributed by atoms with Gasteiger partial charge in [0.2, 0.25) is 0 Å². The molecule has 6 heteroatoms. The number of rotatable bonds is 6. The fraction of sp³-hybridized carbons (Fsp3) is 0.611. The Morgan fingerprint density at radius 2 is 2.17 bits per heavy atom. The molecule has 3 N–H and O–H groups in total. The first-order valence-electron chi connectivity index (χ1n) is 8.66. The van der Waals surface area contributed by atoms with Gasteiger partial charge in [-0.25, -0.2) is 4.98 Å². The van der Waals surface area contributed by atoms with Gasteiger partial charge in [-0.15, -0.1) is 0 Å². The summed E-state index contributed by atoms with van der Waals surface area (Å²) in [5, 5.41) is 7.90. The van der Waals surface area contributed by atoms with Crippen molar-refractivity contribution < 1.29 is 9.32 Å². The van der Waals surface area contributed by atoms with Crippen LogP contribution in [0.3, 0.4) is 0 Å². The Bertz CT molecular complexity index is 741. The number of fused-ring (bicyclic) bond motifs is 1. The number of aromatic nitrogens is 2. The van der Waals surface area contributed by atoms with Gasteiger partial charge in [-0.1, -0.05) is 25.9 Å². The predicted molar refractivity (Wildman–Crippen MR) is 92.9 cm³/mol. The molecule has 1 fully saturated rings. The third-order valence-electron chi connectivity index (χ3n) is 4.14. The number of nitrogens with two attached hydrogens (primary N) is 1. The smallest absolute Gasteiger partial charge is 0.259 e. The normalized spacial score (nSPS) is 15.0. The molecule has 0 spiro atoms. The monoisotopic (exact) mass is 330 g/mol. The highest BCUT2D eigenvalue weighted by molar-refractivity contribution is 6.06. The molecule has 6 nitrogen and oxygen atoms in total. The molecule has 130 valence electrons. The average molecular weight is 330 g/mol. The van der Waals surface area contributed by atoms with Gasteiger partial charge >= 0.3 is 0 Å². The van der Waals surface area contributed by atoms with E-state index in [2.05, 4.69) is 36.2 Å². The predicted octanol–water partition coefficient (Wildman–Crippen LogP) is 2.77. The molecule has 1 aliphatic carbocycles. The van der Waals surface area contributed by atoms with E-state index in [0.717, 1.165) is 42.5 Å². The van der Waals surface area contributed by atoms with Crippen molar-refractivity contribution >= 4 is 17.0 Å². The molecule has 0 unspecified atom stereocenters. The van der Waals surface area contributed by atoms with E-state index in [0.29, 0.717) is 30.3 Å². The van der Waals surface area contributed by atoms with Crippen molar-refractivity contribution in [3.05, 3.63) is 23.0 Å². The lowest BCUT2D eigenvalue weighted by atomic mass is 9.89. The Kier molecular flexibility index (Phi) is 4.58. The van der Waals surface area contributed by atoms with E-state index >= 15 is 0 Å². The number of pyridine rings is 1. The molecule has 24 heavy (non-hydrogen) atoms. The minimum absolute atomic E-state index is 0.0479. The van der Waals surface area contributed by atoms with E-state index < -0.39 is 0 Å². The highest BCUT2D eigenvalue weighted by Crippen LogP contribution is 2.40. The van der Waals surface area contributed by atoms with Crippen molar-refractivity contribution in [1.82, 2.24) is 15.5 Å². The standard InChI is InChI=1S/C18H26N4O2/c1-18(2,3)10-14-15-12(16(23)20-8-4-7-19)9-13(11-5-6-11)21-17(15)24-22-14/h9,11H,4-8,10,19H2,1-3H3,(H,20,23). The molecule has 1 saturated carbocycles. The fourth-order valence-corrected chi connectivity index (χ4v) is 2.82. The summed E-state index contributed by atoms with van der Waals surface area (Å²) in [5.41, 5.74) is 8.39. The van der Waals surface area contributed by atoms with E-state index in [-0.39, 0.29) is 11.3 Å². The topological polar surface area (TPSA) is 94.0 Å². The summed E-state index contributed by atoms with van der Waals surface area (Å²) in [6.07, 6.45) is 3.73. The largest absolute Gasteiger partial charge is 0.352 e. The van der Waals surface area contributed by atoms with E-state index in [1.807, 2.05) is 6.07 Å². The number of nitrogens with zero attached hydrogens (tertiary/aromatic N) is 2. The maximum atomic E-state index is 12.7. The van der Waals surface area contributed by atoms with Crippen LogP contribution >= 0.6 is 0 Å². The van der Waals surface area contributed by atoms with E-state index in [1.54, 1.807) is 0 Å². The third-order valence-corrected chi connectivity index (χ3v) is 4.14. The van der Waals surface area contributed by atoms with Crippen LogP contribution in [0.1, 0.15) is 67.7 Å². The first-order chi connectivity index (χ1) is 11.4. The second kappa shape index (κ2) is 6.51. The molecule has 0 bridgehead atoms. The Morgan fingerprint density at radius 1 is 1.42 bits per heavy atom. The summed E-state index contributed by atoms with van der Waals surface area (Å²) in [7, 11) is 0. The third kappa shape index (κ3) is 3.75. The van der Waals surface area contributed by atoms with Crippen molar-refractivity contribution in [2.75, 3.05) is 13.1 Å².